The summed E-state index contributed by atoms with van der Waals surface area (Å²) in [5.74, 6) is 0.583. The molecule has 1 atom stereocenters. The Morgan fingerprint density at radius 2 is 2.00 bits per heavy atom. The molecule has 0 amide bonds. The second kappa shape index (κ2) is 7.96. The summed E-state index contributed by atoms with van der Waals surface area (Å²) in [6.07, 6.45) is 6.07. The van der Waals surface area contributed by atoms with E-state index in [9.17, 15) is 9.59 Å². The van der Waals surface area contributed by atoms with Crippen molar-refractivity contribution in [1.29, 1.82) is 0 Å². The smallest absolute Gasteiger partial charge is 0.135 e. The molecule has 0 saturated heterocycles. The number of hydrogen-bond acceptors (Lipinski definition) is 2. The minimum Gasteiger partial charge on any atom is -0.303 e. The molecule has 0 fully saturated rings. The normalized spacial score (nSPS) is 12.5. The van der Waals surface area contributed by atoms with E-state index in [1.54, 1.807) is 0 Å². The molecule has 0 heterocycles. The number of hydrogen-bond donors (Lipinski definition) is 0. The third kappa shape index (κ3) is 6.50. The van der Waals surface area contributed by atoms with E-state index >= 15 is 0 Å². The molecule has 0 aromatic rings. The van der Waals surface area contributed by atoms with Crippen molar-refractivity contribution in [3.63, 3.8) is 0 Å². The first-order chi connectivity index (χ1) is 6.22. The molecule has 0 aromatic heterocycles. The second-order valence-corrected chi connectivity index (χ2v) is 3.54. The molecule has 0 bridgehead atoms. The molecule has 0 radical (unpaired) electrons. The molecule has 0 rings (SSSR count). The first-order valence-electron chi connectivity index (χ1n) is 5.18. The van der Waals surface area contributed by atoms with Crippen molar-refractivity contribution in [2.24, 2.45) is 5.92 Å². The molecule has 0 aliphatic heterocycles. The number of ketones is 1. The zero-order valence-corrected chi connectivity index (χ0v) is 8.71. The van der Waals surface area contributed by atoms with Gasteiger partial charge in [-0.15, -0.1) is 0 Å². The number of Topliss-reactive ketones (excluding diaryl/α,β-unsaturated/α-hetero) is 1. The van der Waals surface area contributed by atoms with Crippen LogP contribution in [-0.2, 0) is 9.59 Å². The summed E-state index contributed by atoms with van der Waals surface area (Å²) in [5, 5.41) is 0. The Morgan fingerprint density at radius 1 is 1.31 bits per heavy atom. The second-order valence-electron chi connectivity index (χ2n) is 3.54. The highest BCUT2D eigenvalue weighted by Gasteiger charge is 2.08. The summed E-state index contributed by atoms with van der Waals surface area (Å²) >= 11 is 0. The average molecular weight is 184 g/mol. The summed E-state index contributed by atoms with van der Waals surface area (Å²) in [7, 11) is 0. The lowest BCUT2D eigenvalue weighted by molar-refractivity contribution is -0.122. The Labute approximate surface area is 80.7 Å². The number of carbonyl (C=O) groups is 2. The van der Waals surface area contributed by atoms with Crippen molar-refractivity contribution in [2.45, 2.75) is 52.4 Å². The summed E-state index contributed by atoms with van der Waals surface area (Å²) in [6, 6.07) is 0. The standard InChI is InChI=1S/C11H20O2/c1-3-10(2)11(13)8-6-4-5-7-9-12/h9-10H,3-8H2,1-2H3. The Morgan fingerprint density at radius 3 is 2.54 bits per heavy atom. The van der Waals surface area contributed by atoms with E-state index < -0.39 is 0 Å². The molecule has 2 heteroatoms. The van der Waals surface area contributed by atoms with E-state index in [0.717, 1.165) is 32.0 Å². The Hall–Kier alpha value is -0.660. The SMILES string of the molecule is CCC(C)C(=O)CCCCCC=O. The summed E-state index contributed by atoms with van der Waals surface area (Å²) in [5.41, 5.74) is 0. The Kier molecular flexibility index (Phi) is 7.56. The van der Waals surface area contributed by atoms with E-state index in [4.69, 9.17) is 0 Å². The molecule has 2 nitrogen and oxygen atoms in total. The van der Waals surface area contributed by atoms with Crippen LogP contribution in [0.3, 0.4) is 0 Å². The largest absolute Gasteiger partial charge is 0.303 e. The number of unbranched alkanes of at least 4 members (excludes halogenated alkanes) is 3. The molecule has 0 aliphatic carbocycles. The van der Waals surface area contributed by atoms with Crippen LogP contribution in [0, 0.1) is 5.92 Å². The lowest BCUT2D eigenvalue weighted by atomic mass is 9.98. The van der Waals surface area contributed by atoms with E-state index in [-0.39, 0.29) is 5.92 Å². The van der Waals surface area contributed by atoms with Gasteiger partial charge in [-0.3, -0.25) is 4.79 Å². The molecule has 76 valence electrons. The van der Waals surface area contributed by atoms with Gasteiger partial charge in [0, 0.05) is 18.8 Å². The number of carbonyl (C=O) groups excluding carboxylic acids is 2. The van der Waals surface area contributed by atoms with Crippen molar-refractivity contribution >= 4 is 12.1 Å². The third-order valence-corrected chi connectivity index (χ3v) is 2.41. The predicted octanol–water partition coefficient (Wildman–Crippen LogP) is 2.75. The minimum atomic E-state index is 0.214. The molecule has 13 heavy (non-hydrogen) atoms. The average Bonchev–Trinajstić information content (AvgIpc) is 2.16. The summed E-state index contributed by atoms with van der Waals surface area (Å²) < 4.78 is 0. The van der Waals surface area contributed by atoms with Crippen LogP contribution in [0.15, 0.2) is 0 Å². The van der Waals surface area contributed by atoms with Crippen LogP contribution in [0.5, 0.6) is 0 Å². The van der Waals surface area contributed by atoms with Gasteiger partial charge < -0.3 is 4.79 Å². The molecule has 0 spiro atoms. The van der Waals surface area contributed by atoms with Crippen LogP contribution < -0.4 is 0 Å². The van der Waals surface area contributed by atoms with Gasteiger partial charge in [-0.2, -0.15) is 0 Å². The predicted molar refractivity (Wildman–Crippen MR) is 53.6 cm³/mol. The summed E-state index contributed by atoms with van der Waals surface area (Å²) in [4.78, 5) is 21.3. The summed E-state index contributed by atoms with van der Waals surface area (Å²) in [6.45, 7) is 4.02. The molecular formula is C11H20O2. The maximum Gasteiger partial charge on any atom is 0.135 e. The van der Waals surface area contributed by atoms with Crippen LogP contribution in [0.2, 0.25) is 0 Å². The minimum absolute atomic E-state index is 0.214. The highest BCUT2D eigenvalue weighted by Crippen LogP contribution is 2.09. The van der Waals surface area contributed by atoms with Gasteiger partial charge in [0.25, 0.3) is 0 Å². The van der Waals surface area contributed by atoms with E-state index in [1.165, 1.54) is 0 Å². The van der Waals surface area contributed by atoms with Crippen LogP contribution in [0.4, 0.5) is 0 Å². The molecule has 1 unspecified atom stereocenters. The van der Waals surface area contributed by atoms with Crippen LogP contribution >= 0.6 is 0 Å². The first kappa shape index (κ1) is 12.3. The van der Waals surface area contributed by atoms with Crippen LogP contribution in [-0.4, -0.2) is 12.1 Å². The highest BCUT2D eigenvalue weighted by atomic mass is 16.1. The van der Waals surface area contributed by atoms with Gasteiger partial charge in [0.05, 0.1) is 0 Å². The monoisotopic (exact) mass is 184 g/mol. The van der Waals surface area contributed by atoms with Gasteiger partial charge in [0.1, 0.15) is 12.1 Å². The molecular weight excluding hydrogens is 164 g/mol. The fourth-order valence-corrected chi connectivity index (χ4v) is 1.18. The van der Waals surface area contributed by atoms with Crippen molar-refractivity contribution in [3.05, 3.63) is 0 Å². The fraction of sp³-hybridized carbons (Fsp3) is 0.818. The quantitative estimate of drug-likeness (QED) is 0.429. The first-order valence-corrected chi connectivity index (χ1v) is 5.18. The van der Waals surface area contributed by atoms with E-state index in [1.807, 2.05) is 13.8 Å². The van der Waals surface area contributed by atoms with Gasteiger partial charge in [-0.25, -0.2) is 0 Å². The highest BCUT2D eigenvalue weighted by molar-refractivity contribution is 5.80. The van der Waals surface area contributed by atoms with Gasteiger partial charge in [-0.1, -0.05) is 20.3 Å². The third-order valence-electron chi connectivity index (χ3n) is 2.41. The maximum absolute atomic E-state index is 11.3. The van der Waals surface area contributed by atoms with Gasteiger partial charge in [0.2, 0.25) is 0 Å². The lowest BCUT2D eigenvalue weighted by Crippen LogP contribution is -2.09. The van der Waals surface area contributed by atoms with E-state index in [0.29, 0.717) is 18.6 Å². The molecule has 0 N–H and O–H groups in total. The Balaban J connectivity index is 3.31. The topological polar surface area (TPSA) is 34.1 Å². The van der Waals surface area contributed by atoms with Crippen molar-refractivity contribution in [3.8, 4) is 0 Å². The zero-order valence-electron chi connectivity index (χ0n) is 8.71. The van der Waals surface area contributed by atoms with E-state index in [2.05, 4.69) is 0 Å². The van der Waals surface area contributed by atoms with Gasteiger partial charge in [0.15, 0.2) is 0 Å². The van der Waals surface area contributed by atoms with Crippen molar-refractivity contribution in [1.82, 2.24) is 0 Å². The van der Waals surface area contributed by atoms with Gasteiger partial charge >= 0.3 is 0 Å². The van der Waals surface area contributed by atoms with Crippen LogP contribution in [0.1, 0.15) is 52.4 Å². The number of rotatable bonds is 8. The molecule has 0 aliphatic rings. The molecule has 0 aromatic carbocycles. The van der Waals surface area contributed by atoms with Crippen molar-refractivity contribution in [2.75, 3.05) is 0 Å². The lowest BCUT2D eigenvalue weighted by Gasteiger charge is -2.06. The van der Waals surface area contributed by atoms with Crippen molar-refractivity contribution < 1.29 is 9.59 Å². The fourth-order valence-electron chi connectivity index (χ4n) is 1.18. The number of aldehydes is 1. The molecule has 0 saturated carbocycles. The maximum atomic E-state index is 11.3. The Bertz CT molecular complexity index is 152. The zero-order chi connectivity index (χ0) is 10.1. The van der Waals surface area contributed by atoms with Gasteiger partial charge in [-0.05, 0) is 19.3 Å². The van der Waals surface area contributed by atoms with Crippen LogP contribution in [0.25, 0.3) is 0 Å².